The molecule has 0 unspecified atom stereocenters. The minimum atomic E-state index is -0.735. The molecule has 0 aliphatic carbocycles. The number of benzene rings is 1. The van der Waals surface area contributed by atoms with Crippen LogP contribution in [-0.4, -0.2) is 11.7 Å². The van der Waals surface area contributed by atoms with Gasteiger partial charge in [-0.2, -0.15) is 0 Å². The summed E-state index contributed by atoms with van der Waals surface area (Å²) in [5.41, 5.74) is 5.63. The van der Waals surface area contributed by atoms with Gasteiger partial charge in [0.2, 0.25) is 0 Å². The van der Waals surface area contributed by atoms with Gasteiger partial charge in [-0.1, -0.05) is 30.3 Å². The van der Waals surface area contributed by atoms with Crippen LogP contribution in [0.3, 0.4) is 0 Å². The van der Waals surface area contributed by atoms with Gasteiger partial charge in [0, 0.05) is 0 Å². The topological polar surface area (TPSA) is 46.2 Å². The zero-order valence-corrected chi connectivity index (χ0v) is 8.03. The number of hydrogen-bond acceptors (Lipinski definition) is 2. The van der Waals surface area contributed by atoms with Crippen molar-refractivity contribution in [3.63, 3.8) is 0 Å². The maximum absolute atomic E-state index is 10.1. The van der Waals surface area contributed by atoms with Crippen LogP contribution >= 0.6 is 0 Å². The number of rotatable bonds is 4. The molecule has 0 saturated heterocycles. The molecule has 0 heterocycles. The summed E-state index contributed by atoms with van der Waals surface area (Å²) < 4.78 is 0. The Morgan fingerprint density at radius 2 is 1.92 bits per heavy atom. The van der Waals surface area contributed by atoms with Gasteiger partial charge in [0.05, 0.1) is 5.60 Å². The summed E-state index contributed by atoms with van der Waals surface area (Å²) in [7, 11) is 0. The molecule has 0 amide bonds. The molecule has 13 heavy (non-hydrogen) atoms. The molecule has 0 aliphatic heterocycles. The average molecular weight is 179 g/mol. The first-order valence-corrected chi connectivity index (χ1v) is 4.65. The van der Waals surface area contributed by atoms with Gasteiger partial charge in [-0.25, -0.2) is 0 Å². The number of hydrogen-bond donors (Lipinski definition) is 2. The average Bonchev–Trinajstić information content (AvgIpc) is 2.16. The SMILES string of the molecule is C[C@@](O)(CCCN)c1ccccc1. The second-order valence-electron chi connectivity index (χ2n) is 3.53. The fourth-order valence-corrected chi connectivity index (χ4v) is 1.39. The summed E-state index contributed by atoms with van der Waals surface area (Å²) in [5, 5.41) is 10.1. The highest BCUT2D eigenvalue weighted by molar-refractivity contribution is 5.21. The normalized spacial score (nSPS) is 15.3. The van der Waals surface area contributed by atoms with E-state index in [1.165, 1.54) is 0 Å². The third kappa shape index (κ3) is 2.83. The van der Waals surface area contributed by atoms with E-state index in [0.29, 0.717) is 13.0 Å². The van der Waals surface area contributed by atoms with Crippen LogP contribution in [0.4, 0.5) is 0 Å². The smallest absolute Gasteiger partial charge is 0.0869 e. The van der Waals surface area contributed by atoms with E-state index in [4.69, 9.17) is 5.73 Å². The van der Waals surface area contributed by atoms with Crippen LogP contribution in [0, 0.1) is 0 Å². The molecular weight excluding hydrogens is 162 g/mol. The van der Waals surface area contributed by atoms with Crippen LogP contribution in [0.1, 0.15) is 25.3 Å². The van der Waals surface area contributed by atoms with E-state index in [0.717, 1.165) is 12.0 Å². The fourth-order valence-electron chi connectivity index (χ4n) is 1.39. The van der Waals surface area contributed by atoms with Crippen molar-refractivity contribution in [2.75, 3.05) is 6.54 Å². The highest BCUT2D eigenvalue weighted by Crippen LogP contribution is 2.24. The third-order valence-corrected chi connectivity index (χ3v) is 2.26. The second-order valence-corrected chi connectivity index (χ2v) is 3.53. The Bertz CT molecular complexity index is 244. The van der Waals surface area contributed by atoms with Gasteiger partial charge in [-0.05, 0) is 31.9 Å². The lowest BCUT2D eigenvalue weighted by atomic mass is 9.91. The van der Waals surface area contributed by atoms with Gasteiger partial charge >= 0.3 is 0 Å². The van der Waals surface area contributed by atoms with Crippen LogP contribution in [0.2, 0.25) is 0 Å². The molecule has 1 atom stereocenters. The first-order chi connectivity index (χ1) is 6.17. The minimum absolute atomic E-state index is 0.628. The Morgan fingerprint density at radius 1 is 1.31 bits per heavy atom. The Balaban J connectivity index is 2.69. The molecule has 72 valence electrons. The number of aliphatic hydroxyl groups is 1. The largest absolute Gasteiger partial charge is 0.385 e. The van der Waals surface area contributed by atoms with Crippen LogP contribution in [0.5, 0.6) is 0 Å². The number of nitrogens with two attached hydrogens (primary N) is 1. The van der Waals surface area contributed by atoms with Crippen molar-refractivity contribution < 1.29 is 5.11 Å². The maximum Gasteiger partial charge on any atom is 0.0869 e. The van der Waals surface area contributed by atoms with Crippen LogP contribution in [0.15, 0.2) is 30.3 Å². The standard InChI is InChI=1S/C11H17NO/c1-11(13,8-5-9-12)10-6-3-2-4-7-10/h2-4,6-7,13H,5,8-9,12H2,1H3/t11-/m1/s1. The summed E-state index contributed by atoms with van der Waals surface area (Å²) in [6, 6.07) is 9.70. The van der Waals surface area contributed by atoms with E-state index < -0.39 is 5.60 Å². The van der Waals surface area contributed by atoms with Gasteiger partial charge in [0.15, 0.2) is 0 Å². The molecule has 0 aliphatic rings. The highest BCUT2D eigenvalue weighted by Gasteiger charge is 2.21. The van der Waals surface area contributed by atoms with E-state index in [1.807, 2.05) is 37.3 Å². The van der Waals surface area contributed by atoms with Crippen molar-refractivity contribution in [3.8, 4) is 0 Å². The molecular formula is C11H17NO. The Kier molecular flexibility index (Phi) is 3.46. The van der Waals surface area contributed by atoms with Crippen molar-refractivity contribution in [2.45, 2.75) is 25.4 Å². The predicted octanol–water partition coefficient (Wildman–Crippen LogP) is 1.63. The molecule has 1 aromatic carbocycles. The van der Waals surface area contributed by atoms with Crippen molar-refractivity contribution >= 4 is 0 Å². The van der Waals surface area contributed by atoms with Gasteiger partial charge in [0.25, 0.3) is 0 Å². The molecule has 3 N–H and O–H groups in total. The molecule has 0 aromatic heterocycles. The quantitative estimate of drug-likeness (QED) is 0.738. The van der Waals surface area contributed by atoms with Crippen molar-refractivity contribution in [1.82, 2.24) is 0 Å². The molecule has 0 saturated carbocycles. The zero-order valence-electron chi connectivity index (χ0n) is 8.03. The van der Waals surface area contributed by atoms with Crippen molar-refractivity contribution in [2.24, 2.45) is 5.73 Å². The molecule has 0 fully saturated rings. The van der Waals surface area contributed by atoms with E-state index in [-0.39, 0.29) is 0 Å². The monoisotopic (exact) mass is 179 g/mol. The van der Waals surface area contributed by atoms with E-state index >= 15 is 0 Å². The third-order valence-electron chi connectivity index (χ3n) is 2.26. The molecule has 0 bridgehead atoms. The Hall–Kier alpha value is -0.860. The second kappa shape index (κ2) is 4.40. The highest BCUT2D eigenvalue weighted by atomic mass is 16.3. The summed E-state index contributed by atoms with van der Waals surface area (Å²) in [5.74, 6) is 0. The minimum Gasteiger partial charge on any atom is -0.385 e. The van der Waals surface area contributed by atoms with Gasteiger partial charge in [0.1, 0.15) is 0 Å². The van der Waals surface area contributed by atoms with E-state index in [9.17, 15) is 5.11 Å². The Morgan fingerprint density at radius 3 is 2.46 bits per heavy atom. The summed E-state index contributed by atoms with van der Waals surface area (Å²) in [6.07, 6.45) is 1.56. The maximum atomic E-state index is 10.1. The van der Waals surface area contributed by atoms with Gasteiger partial charge in [-0.15, -0.1) is 0 Å². The molecule has 2 nitrogen and oxygen atoms in total. The first-order valence-electron chi connectivity index (χ1n) is 4.65. The molecule has 0 radical (unpaired) electrons. The van der Waals surface area contributed by atoms with Crippen LogP contribution in [-0.2, 0) is 5.60 Å². The fraction of sp³-hybridized carbons (Fsp3) is 0.455. The lowest BCUT2D eigenvalue weighted by Gasteiger charge is -2.23. The zero-order chi connectivity index (χ0) is 9.73. The molecule has 1 aromatic rings. The van der Waals surface area contributed by atoms with E-state index in [2.05, 4.69) is 0 Å². The lowest BCUT2D eigenvalue weighted by molar-refractivity contribution is 0.0462. The van der Waals surface area contributed by atoms with E-state index in [1.54, 1.807) is 0 Å². The predicted molar refractivity (Wildman–Crippen MR) is 54.3 cm³/mol. The van der Waals surface area contributed by atoms with Crippen molar-refractivity contribution in [1.29, 1.82) is 0 Å². The molecule has 0 spiro atoms. The summed E-state index contributed by atoms with van der Waals surface area (Å²) in [4.78, 5) is 0. The summed E-state index contributed by atoms with van der Waals surface area (Å²) >= 11 is 0. The molecule has 1 rings (SSSR count). The van der Waals surface area contributed by atoms with Gasteiger partial charge < -0.3 is 10.8 Å². The van der Waals surface area contributed by atoms with Gasteiger partial charge in [-0.3, -0.25) is 0 Å². The molecule has 2 heteroatoms. The lowest BCUT2D eigenvalue weighted by Crippen LogP contribution is -2.22. The Labute approximate surface area is 79.4 Å². The first kappa shape index (κ1) is 10.2. The van der Waals surface area contributed by atoms with Crippen molar-refractivity contribution in [3.05, 3.63) is 35.9 Å². The summed E-state index contributed by atoms with van der Waals surface area (Å²) in [6.45, 7) is 2.46. The van der Waals surface area contributed by atoms with Crippen LogP contribution in [0.25, 0.3) is 0 Å². The van der Waals surface area contributed by atoms with Crippen LogP contribution < -0.4 is 5.73 Å².